The van der Waals surface area contributed by atoms with Crippen LogP contribution in [0, 0.1) is 23.2 Å². The Kier molecular flexibility index (Phi) is 7.12. The molecule has 0 radical (unpaired) electrons. The lowest BCUT2D eigenvalue weighted by molar-refractivity contribution is -0.0505. The average molecular weight is 394 g/mol. The second-order valence-corrected chi connectivity index (χ2v) is 10.7. The summed E-state index contributed by atoms with van der Waals surface area (Å²) in [5, 5.41) is 1.27. The van der Waals surface area contributed by atoms with Crippen LogP contribution in [-0.4, -0.2) is 16.1 Å². The largest absolute Gasteiger partial charge is 0.123 e. The first kappa shape index (κ1) is 19.6. The summed E-state index contributed by atoms with van der Waals surface area (Å²) in [5.74, 6) is 2.64. The topological polar surface area (TPSA) is 0 Å². The van der Waals surface area contributed by atoms with Gasteiger partial charge in [0.05, 0.1) is 0 Å². The molecule has 3 rings (SSSR count). The van der Waals surface area contributed by atoms with Crippen molar-refractivity contribution >= 4 is 34.8 Å². The molecule has 0 aromatic carbocycles. The van der Waals surface area contributed by atoms with Gasteiger partial charge in [0, 0.05) is 16.1 Å². The van der Waals surface area contributed by atoms with Crippen molar-refractivity contribution in [3.63, 3.8) is 0 Å². The van der Waals surface area contributed by atoms with Gasteiger partial charge in [-0.2, -0.15) is 0 Å². The molecule has 0 nitrogen and oxygen atoms in total. The van der Waals surface area contributed by atoms with Crippen LogP contribution in [-0.2, 0) is 0 Å². The molecule has 24 heavy (non-hydrogen) atoms. The fourth-order valence-electron chi connectivity index (χ4n) is 6.64. The van der Waals surface area contributed by atoms with E-state index in [0.717, 1.165) is 17.8 Å². The van der Waals surface area contributed by atoms with Gasteiger partial charge in [0.2, 0.25) is 0 Å². The van der Waals surface area contributed by atoms with Gasteiger partial charge in [-0.3, -0.25) is 0 Å². The molecule has 140 valence electrons. The van der Waals surface area contributed by atoms with E-state index < -0.39 is 0 Å². The maximum Gasteiger partial charge on any atom is 0.0336 e. The van der Waals surface area contributed by atoms with Crippen molar-refractivity contribution in [2.24, 2.45) is 23.2 Å². The van der Waals surface area contributed by atoms with E-state index in [1.807, 2.05) is 0 Å². The molecule has 0 atom stereocenters. The highest BCUT2D eigenvalue weighted by atomic mass is 35.5. The molecule has 0 bridgehead atoms. The Morgan fingerprint density at radius 2 is 0.792 bits per heavy atom. The van der Waals surface area contributed by atoms with E-state index in [1.54, 1.807) is 0 Å². The molecule has 3 fully saturated rings. The number of hydrogen-bond donors (Lipinski definition) is 0. The fourth-order valence-corrected chi connectivity index (χ4v) is 7.39. The predicted molar refractivity (Wildman–Crippen MR) is 108 cm³/mol. The van der Waals surface area contributed by atoms with E-state index in [9.17, 15) is 0 Å². The molecule has 0 aromatic rings. The molecular weight excluding hydrogens is 359 g/mol. The first-order valence-electron chi connectivity index (χ1n) is 10.5. The first-order chi connectivity index (χ1) is 11.6. The second-order valence-electron chi connectivity index (χ2n) is 8.81. The lowest BCUT2D eigenvalue weighted by atomic mass is 9.50. The Morgan fingerprint density at radius 1 is 0.542 bits per heavy atom. The van der Waals surface area contributed by atoms with Crippen LogP contribution in [0.5, 0.6) is 0 Å². The smallest absolute Gasteiger partial charge is 0.0336 e. The zero-order chi connectivity index (χ0) is 17.2. The van der Waals surface area contributed by atoms with E-state index in [1.165, 1.54) is 83.5 Å². The molecule has 0 N–H and O–H groups in total. The standard InChI is InChI=1S/C21H35Cl3/c1-2-21(15-3-9-18(22)10-4-15,16-5-11-19(23)12-6-16)17-7-13-20(24)14-8-17/h15-20H,2-14H2,1H3. The Morgan fingerprint density at radius 3 is 1.00 bits per heavy atom. The minimum Gasteiger partial charge on any atom is -0.123 e. The van der Waals surface area contributed by atoms with E-state index >= 15 is 0 Å². The summed E-state index contributed by atoms with van der Waals surface area (Å²) < 4.78 is 0. The monoisotopic (exact) mass is 392 g/mol. The number of rotatable bonds is 4. The number of alkyl halides is 3. The van der Waals surface area contributed by atoms with Gasteiger partial charge >= 0.3 is 0 Å². The third-order valence-corrected chi connectivity index (χ3v) is 9.17. The lowest BCUT2D eigenvalue weighted by Crippen LogP contribution is -2.48. The number of halogens is 3. The van der Waals surface area contributed by atoms with E-state index in [4.69, 9.17) is 34.8 Å². The van der Waals surface area contributed by atoms with Crippen LogP contribution in [0.1, 0.15) is 90.4 Å². The van der Waals surface area contributed by atoms with Gasteiger partial charge in [0.25, 0.3) is 0 Å². The van der Waals surface area contributed by atoms with Crippen molar-refractivity contribution in [3.05, 3.63) is 0 Å². The van der Waals surface area contributed by atoms with Gasteiger partial charge in [0.1, 0.15) is 0 Å². The van der Waals surface area contributed by atoms with Crippen molar-refractivity contribution in [2.45, 2.75) is 107 Å². The highest BCUT2D eigenvalue weighted by Crippen LogP contribution is 2.59. The molecule has 0 aliphatic heterocycles. The summed E-state index contributed by atoms with van der Waals surface area (Å²) >= 11 is 19.4. The van der Waals surface area contributed by atoms with Crippen molar-refractivity contribution in [2.75, 3.05) is 0 Å². The van der Waals surface area contributed by atoms with E-state index in [0.29, 0.717) is 21.5 Å². The fraction of sp³-hybridized carbons (Fsp3) is 1.00. The molecule has 0 saturated heterocycles. The molecule has 0 heterocycles. The molecule has 3 heteroatoms. The van der Waals surface area contributed by atoms with Gasteiger partial charge in [-0.1, -0.05) is 6.92 Å². The second kappa shape index (κ2) is 8.71. The maximum absolute atomic E-state index is 6.45. The normalized spacial score (nSPS) is 44.0. The molecule has 0 aromatic heterocycles. The summed E-state index contributed by atoms with van der Waals surface area (Å²) in [6.07, 6.45) is 16.8. The van der Waals surface area contributed by atoms with Gasteiger partial charge in [0.15, 0.2) is 0 Å². The van der Waals surface area contributed by atoms with E-state index in [-0.39, 0.29) is 0 Å². The molecule has 0 spiro atoms. The summed E-state index contributed by atoms with van der Waals surface area (Å²) in [7, 11) is 0. The Balaban J connectivity index is 1.83. The van der Waals surface area contributed by atoms with Crippen molar-refractivity contribution in [3.8, 4) is 0 Å². The third-order valence-electron chi connectivity index (χ3n) is 7.86. The lowest BCUT2D eigenvalue weighted by Gasteiger charge is -2.55. The van der Waals surface area contributed by atoms with Gasteiger partial charge in [-0.15, -0.1) is 34.8 Å². The quantitative estimate of drug-likeness (QED) is 0.428. The highest BCUT2D eigenvalue weighted by molar-refractivity contribution is 6.21. The summed E-state index contributed by atoms with van der Waals surface area (Å²) in [5.41, 5.74) is 0.533. The molecule has 3 aliphatic rings. The van der Waals surface area contributed by atoms with Gasteiger partial charge < -0.3 is 0 Å². The Bertz CT molecular complexity index is 317. The minimum atomic E-state index is 0.424. The third kappa shape index (κ3) is 4.07. The molecule has 3 saturated carbocycles. The van der Waals surface area contributed by atoms with Crippen molar-refractivity contribution in [1.82, 2.24) is 0 Å². The zero-order valence-corrected chi connectivity index (χ0v) is 17.6. The van der Waals surface area contributed by atoms with Crippen LogP contribution in [0.15, 0.2) is 0 Å². The van der Waals surface area contributed by atoms with Gasteiger partial charge in [-0.25, -0.2) is 0 Å². The summed E-state index contributed by atoms with van der Waals surface area (Å²) in [6, 6.07) is 0. The Hall–Kier alpha value is 0.870. The van der Waals surface area contributed by atoms with Crippen molar-refractivity contribution in [1.29, 1.82) is 0 Å². The Labute approximate surface area is 164 Å². The highest BCUT2D eigenvalue weighted by Gasteiger charge is 2.50. The van der Waals surface area contributed by atoms with Crippen LogP contribution in [0.3, 0.4) is 0 Å². The van der Waals surface area contributed by atoms with Crippen LogP contribution >= 0.6 is 34.8 Å². The van der Waals surface area contributed by atoms with Crippen LogP contribution in [0.2, 0.25) is 0 Å². The summed E-state index contributed by atoms with van der Waals surface area (Å²) in [6.45, 7) is 2.48. The minimum absolute atomic E-state index is 0.424. The average Bonchev–Trinajstić information content (AvgIpc) is 2.60. The SMILES string of the molecule is CCC(C1CCC(Cl)CC1)(C1CCC(Cl)CC1)C1CCC(Cl)CC1. The van der Waals surface area contributed by atoms with Crippen LogP contribution in [0.4, 0.5) is 0 Å². The molecule has 0 unspecified atom stereocenters. The predicted octanol–water partition coefficient (Wildman–Crippen LogP) is 7.78. The van der Waals surface area contributed by atoms with E-state index in [2.05, 4.69) is 6.92 Å². The van der Waals surface area contributed by atoms with Crippen LogP contribution < -0.4 is 0 Å². The summed E-state index contributed by atoms with van der Waals surface area (Å²) in [4.78, 5) is 0. The van der Waals surface area contributed by atoms with Gasteiger partial charge in [-0.05, 0) is 107 Å². The van der Waals surface area contributed by atoms with Crippen LogP contribution in [0.25, 0.3) is 0 Å². The first-order valence-corrected chi connectivity index (χ1v) is 11.8. The zero-order valence-electron chi connectivity index (χ0n) is 15.3. The van der Waals surface area contributed by atoms with Crippen molar-refractivity contribution < 1.29 is 0 Å². The maximum atomic E-state index is 6.45. The molecule has 0 amide bonds. The molecule has 3 aliphatic carbocycles. The number of hydrogen-bond acceptors (Lipinski definition) is 0. The molecular formula is C21H35Cl3.